The van der Waals surface area contributed by atoms with E-state index in [1.807, 2.05) is 20.0 Å². The first-order valence-corrected chi connectivity index (χ1v) is 7.50. The average Bonchev–Trinajstić information content (AvgIpc) is 2.94. The summed E-state index contributed by atoms with van der Waals surface area (Å²) in [6.45, 7) is 4.08. The molecule has 3 rings (SSSR count). The van der Waals surface area contributed by atoms with Crippen LogP contribution < -0.4 is 5.32 Å². The highest BCUT2D eigenvalue weighted by atomic mass is 32.1. The summed E-state index contributed by atoms with van der Waals surface area (Å²) < 4.78 is 14.1. The number of nitrogens with zero attached hydrogens (tertiary/aromatic N) is 2. The summed E-state index contributed by atoms with van der Waals surface area (Å²) in [7, 11) is 0. The van der Waals surface area contributed by atoms with Gasteiger partial charge in [0.05, 0.1) is 16.3 Å². The van der Waals surface area contributed by atoms with Crippen LogP contribution in [0.5, 0.6) is 0 Å². The van der Waals surface area contributed by atoms with Gasteiger partial charge in [-0.1, -0.05) is 11.3 Å². The van der Waals surface area contributed by atoms with Crippen molar-refractivity contribution in [3.63, 3.8) is 0 Å². The second kappa shape index (κ2) is 4.86. The first-order valence-electron chi connectivity index (χ1n) is 5.87. The summed E-state index contributed by atoms with van der Waals surface area (Å²) in [6.07, 6.45) is 1.87. The summed E-state index contributed by atoms with van der Waals surface area (Å²) in [5.74, 6) is -0.257. The van der Waals surface area contributed by atoms with Crippen LogP contribution in [0, 0.1) is 12.7 Å². The molecule has 0 bridgehead atoms. The molecule has 1 N–H and O–H groups in total. The fourth-order valence-corrected chi connectivity index (χ4v) is 3.49. The minimum absolute atomic E-state index is 0.101. The number of aromatic nitrogens is 2. The normalized spacial score (nSPS) is 12.8. The van der Waals surface area contributed by atoms with E-state index in [0.29, 0.717) is 5.52 Å². The molecule has 98 valence electrons. The van der Waals surface area contributed by atoms with Crippen molar-refractivity contribution in [3.8, 4) is 0 Å². The maximum absolute atomic E-state index is 13.1. The van der Waals surface area contributed by atoms with Gasteiger partial charge in [0.25, 0.3) is 0 Å². The molecule has 3 nitrogen and oxygen atoms in total. The molecular weight excluding hydrogens is 281 g/mol. The van der Waals surface area contributed by atoms with E-state index in [0.717, 1.165) is 14.8 Å². The molecule has 1 aromatic carbocycles. The number of thiazole rings is 2. The molecular formula is C13H12FN3S2. The second-order valence-electron chi connectivity index (χ2n) is 4.31. The standard InChI is InChI=1S/C13H12FN3S2/c1-7-6-15-12(18-7)8(2)16-13-17-10-5-9(14)3-4-11(10)19-13/h3-6,8H,1-2H3,(H,16,17). The Hall–Kier alpha value is -1.53. The second-order valence-corrected chi connectivity index (χ2v) is 6.60. The fourth-order valence-electron chi connectivity index (χ4n) is 1.78. The maximum atomic E-state index is 13.1. The third-order valence-electron chi connectivity index (χ3n) is 2.70. The summed E-state index contributed by atoms with van der Waals surface area (Å²) >= 11 is 3.19. The highest BCUT2D eigenvalue weighted by molar-refractivity contribution is 7.22. The Morgan fingerprint density at radius 2 is 2.16 bits per heavy atom. The number of anilines is 1. The Morgan fingerprint density at radius 3 is 2.89 bits per heavy atom. The van der Waals surface area contributed by atoms with Gasteiger partial charge in [0.15, 0.2) is 5.13 Å². The molecule has 0 amide bonds. The van der Waals surface area contributed by atoms with E-state index in [1.165, 1.54) is 28.3 Å². The zero-order valence-corrected chi connectivity index (χ0v) is 12.1. The lowest BCUT2D eigenvalue weighted by Crippen LogP contribution is -2.05. The third-order valence-corrected chi connectivity index (χ3v) is 4.76. The number of fused-ring (bicyclic) bond motifs is 1. The number of nitrogens with one attached hydrogen (secondary N) is 1. The number of benzene rings is 1. The van der Waals surface area contributed by atoms with Crippen LogP contribution >= 0.6 is 22.7 Å². The van der Waals surface area contributed by atoms with E-state index in [9.17, 15) is 4.39 Å². The summed E-state index contributed by atoms with van der Waals surface area (Å²) in [5.41, 5.74) is 0.690. The zero-order valence-electron chi connectivity index (χ0n) is 10.5. The number of hydrogen-bond donors (Lipinski definition) is 1. The topological polar surface area (TPSA) is 37.8 Å². The number of aryl methyl sites for hydroxylation is 1. The number of halogens is 1. The van der Waals surface area contributed by atoms with Crippen molar-refractivity contribution in [2.45, 2.75) is 19.9 Å². The van der Waals surface area contributed by atoms with Crippen molar-refractivity contribution in [2.75, 3.05) is 5.32 Å². The summed E-state index contributed by atoms with van der Waals surface area (Å²) in [5, 5.41) is 5.14. The third kappa shape index (κ3) is 2.59. The summed E-state index contributed by atoms with van der Waals surface area (Å²) in [6, 6.07) is 4.77. The van der Waals surface area contributed by atoms with Crippen LogP contribution in [-0.4, -0.2) is 9.97 Å². The van der Waals surface area contributed by atoms with Gasteiger partial charge in [0.2, 0.25) is 0 Å². The van der Waals surface area contributed by atoms with Gasteiger partial charge in [-0.25, -0.2) is 14.4 Å². The van der Waals surface area contributed by atoms with Gasteiger partial charge >= 0.3 is 0 Å². The van der Waals surface area contributed by atoms with Crippen molar-refractivity contribution in [3.05, 3.63) is 40.1 Å². The minimum Gasteiger partial charge on any atom is -0.353 e. The van der Waals surface area contributed by atoms with E-state index in [-0.39, 0.29) is 11.9 Å². The minimum atomic E-state index is -0.257. The van der Waals surface area contributed by atoms with Crippen LogP contribution in [0.25, 0.3) is 10.2 Å². The molecule has 19 heavy (non-hydrogen) atoms. The molecule has 0 fully saturated rings. The van der Waals surface area contributed by atoms with Crippen LogP contribution in [0.15, 0.2) is 24.4 Å². The van der Waals surface area contributed by atoms with Gasteiger partial charge < -0.3 is 5.32 Å². The SMILES string of the molecule is Cc1cnc(C(C)Nc2nc3cc(F)ccc3s2)s1. The number of hydrogen-bond acceptors (Lipinski definition) is 5. The maximum Gasteiger partial charge on any atom is 0.184 e. The smallest absolute Gasteiger partial charge is 0.184 e. The first-order chi connectivity index (χ1) is 9.11. The predicted octanol–water partition coefficient (Wildman–Crippen LogP) is 4.37. The molecule has 1 atom stereocenters. The van der Waals surface area contributed by atoms with Gasteiger partial charge in [0, 0.05) is 17.1 Å². The Labute approximate surface area is 118 Å². The lowest BCUT2D eigenvalue weighted by Gasteiger charge is -2.08. The monoisotopic (exact) mass is 293 g/mol. The highest BCUT2D eigenvalue weighted by Gasteiger charge is 2.12. The molecule has 0 radical (unpaired) electrons. The van der Waals surface area contributed by atoms with Gasteiger partial charge in [-0.05, 0) is 26.0 Å². The van der Waals surface area contributed by atoms with Gasteiger partial charge in [-0.15, -0.1) is 11.3 Å². The lowest BCUT2D eigenvalue weighted by molar-refractivity contribution is 0.629. The molecule has 2 heterocycles. The quantitative estimate of drug-likeness (QED) is 0.779. The largest absolute Gasteiger partial charge is 0.353 e. The van der Waals surface area contributed by atoms with Crippen LogP contribution in [0.3, 0.4) is 0 Å². The van der Waals surface area contributed by atoms with Crippen LogP contribution in [0.2, 0.25) is 0 Å². The Morgan fingerprint density at radius 1 is 1.32 bits per heavy atom. The average molecular weight is 293 g/mol. The van der Waals surface area contributed by atoms with E-state index in [4.69, 9.17) is 0 Å². The van der Waals surface area contributed by atoms with Crippen LogP contribution in [0.4, 0.5) is 9.52 Å². The van der Waals surface area contributed by atoms with Crippen molar-refractivity contribution in [1.82, 2.24) is 9.97 Å². The molecule has 0 saturated heterocycles. The van der Waals surface area contributed by atoms with Gasteiger partial charge in [0.1, 0.15) is 10.8 Å². The van der Waals surface area contributed by atoms with E-state index >= 15 is 0 Å². The van der Waals surface area contributed by atoms with Crippen molar-refractivity contribution >= 4 is 38.0 Å². The molecule has 0 aliphatic carbocycles. The van der Waals surface area contributed by atoms with Crippen LogP contribution in [0.1, 0.15) is 22.9 Å². The fraction of sp³-hybridized carbons (Fsp3) is 0.231. The highest BCUT2D eigenvalue weighted by Crippen LogP contribution is 2.30. The zero-order chi connectivity index (χ0) is 13.4. The van der Waals surface area contributed by atoms with Gasteiger partial charge in [-0.3, -0.25) is 0 Å². The molecule has 0 saturated carbocycles. The van der Waals surface area contributed by atoms with Crippen molar-refractivity contribution in [1.29, 1.82) is 0 Å². The lowest BCUT2D eigenvalue weighted by atomic mass is 10.3. The molecule has 3 aromatic rings. The van der Waals surface area contributed by atoms with E-state index in [1.54, 1.807) is 17.4 Å². The molecule has 0 aliphatic rings. The molecule has 1 unspecified atom stereocenters. The van der Waals surface area contributed by atoms with Crippen LogP contribution in [-0.2, 0) is 0 Å². The molecule has 6 heteroatoms. The first kappa shape index (κ1) is 12.5. The van der Waals surface area contributed by atoms with E-state index < -0.39 is 0 Å². The predicted molar refractivity (Wildman–Crippen MR) is 78.5 cm³/mol. The van der Waals surface area contributed by atoms with Crippen molar-refractivity contribution in [2.24, 2.45) is 0 Å². The Balaban J connectivity index is 1.85. The Kier molecular flexibility index (Phi) is 3.20. The molecule has 2 aromatic heterocycles. The van der Waals surface area contributed by atoms with E-state index in [2.05, 4.69) is 15.3 Å². The Bertz CT molecular complexity index is 720. The summed E-state index contributed by atoms with van der Waals surface area (Å²) in [4.78, 5) is 9.93. The molecule has 0 spiro atoms. The van der Waals surface area contributed by atoms with Gasteiger partial charge in [-0.2, -0.15) is 0 Å². The van der Waals surface area contributed by atoms with Crippen molar-refractivity contribution < 1.29 is 4.39 Å². The number of rotatable bonds is 3. The molecule has 0 aliphatic heterocycles.